The Morgan fingerprint density at radius 3 is 2.62 bits per heavy atom. The van der Waals surface area contributed by atoms with Crippen molar-refractivity contribution in [1.82, 2.24) is 5.32 Å². The SMILES string of the molecule is CCCc1cccc(C(NCC)c2ccc(Cl)cc2F)c1. The first kappa shape index (κ1) is 16.0. The lowest BCUT2D eigenvalue weighted by molar-refractivity contribution is 0.559. The van der Waals surface area contributed by atoms with Crippen molar-refractivity contribution in [3.63, 3.8) is 0 Å². The molecular weight excluding hydrogens is 285 g/mol. The van der Waals surface area contributed by atoms with Gasteiger partial charge in [-0.3, -0.25) is 0 Å². The third-order valence-electron chi connectivity index (χ3n) is 3.50. The van der Waals surface area contributed by atoms with Crippen LogP contribution in [0.1, 0.15) is 43.0 Å². The number of rotatable bonds is 6. The van der Waals surface area contributed by atoms with Gasteiger partial charge >= 0.3 is 0 Å². The van der Waals surface area contributed by atoms with E-state index >= 15 is 0 Å². The summed E-state index contributed by atoms with van der Waals surface area (Å²) in [6.45, 7) is 4.95. The van der Waals surface area contributed by atoms with E-state index in [-0.39, 0.29) is 11.9 Å². The molecule has 0 saturated heterocycles. The van der Waals surface area contributed by atoms with Crippen LogP contribution < -0.4 is 5.32 Å². The van der Waals surface area contributed by atoms with Crippen LogP contribution in [0.4, 0.5) is 4.39 Å². The molecule has 0 fully saturated rings. The first-order valence-corrected chi connectivity index (χ1v) is 7.80. The maximum atomic E-state index is 14.2. The Balaban J connectivity index is 2.40. The van der Waals surface area contributed by atoms with Crippen molar-refractivity contribution in [3.8, 4) is 0 Å². The molecule has 1 unspecified atom stereocenters. The van der Waals surface area contributed by atoms with Crippen LogP contribution in [0.5, 0.6) is 0 Å². The molecule has 0 radical (unpaired) electrons. The summed E-state index contributed by atoms with van der Waals surface area (Å²) in [4.78, 5) is 0. The predicted molar refractivity (Wildman–Crippen MR) is 87.4 cm³/mol. The maximum absolute atomic E-state index is 14.2. The standard InChI is InChI=1S/C18H21ClFN/c1-3-6-13-7-5-8-14(11-13)18(21-4-2)16-10-9-15(19)12-17(16)20/h5,7-12,18,21H,3-4,6H2,1-2H3. The lowest BCUT2D eigenvalue weighted by Crippen LogP contribution is -2.23. The third-order valence-corrected chi connectivity index (χ3v) is 3.74. The summed E-state index contributed by atoms with van der Waals surface area (Å²) in [5, 5.41) is 3.78. The van der Waals surface area contributed by atoms with Gasteiger partial charge in [-0.25, -0.2) is 4.39 Å². The molecule has 0 aliphatic carbocycles. The maximum Gasteiger partial charge on any atom is 0.129 e. The van der Waals surface area contributed by atoms with Crippen molar-refractivity contribution in [2.24, 2.45) is 0 Å². The molecule has 1 N–H and O–H groups in total. The van der Waals surface area contributed by atoms with E-state index in [1.165, 1.54) is 11.6 Å². The highest BCUT2D eigenvalue weighted by Crippen LogP contribution is 2.27. The second kappa shape index (κ2) is 7.58. The average Bonchev–Trinajstić information content (AvgIpc) is 2.46. The van der Waals surface area contributed by atoms with Crippen LogP contribution in [0, 0.1) is 5.82 Å². The lowest BCUT2D eigenvalue weighted by Gasteiger charge is -2.20. The number of halogens is 2. The van der Waals surface area contributed by atoms with Crippen molar-refractivity contribution >= 4 is 11.6 Å². The predicted octanol–water partition coefficient (Wildman–Crippen LogP) is 5.13. The molecule has 21 heavy (non-hydrogen) atoms. The molecule has 2 aromatic carbocycles. The molecule has 0 heterocycles. The number of hydrogen-bond donors (Lipinski definition) is 1. The zero-order chi connectivity index (χ0) is 15.2. The first-order chi connectivity index (χ1) is 10.2. The van der Waals surface area contributed by atoms with Gasteiger partial charge in [-0.05, 0) is 36.2 Å². The van der Waals surface area contributed by atoms with Gasteiger partial charge in [-0.2, -0.15) is 0 Å². The molecule has 0 bridgehead atoms. The highest BCUT2D eigenvalue weighted by atomic mass is 35.5. The minimum atomic E-state index is -0.269. The van der Waals surface area contributed by atoms with Gasteiger partial charge in [-0.1, -0.05) is 62.2 Å². The lowest BCUT2D eigenvalue weighted by atomic mass is 9.95. The van der Waals surface area contributed by atoms with Crippen molar-refractivity contribution < 1.29 is 4.39 Å². The fourth-order valence-corrected chi connectivity index (χ4v) is 2.72. The van der Waals surface area contributed by atoms with Crippen molar-refractivity contribution in [3.05, 3.63) is 70.0 Å². The fourth-order valence-electron chi connectivity index (χ4n) is 2.56. The van der Waals surface area contributed by atoms with Crippen LogP contribution in [0.15, 0.2) is 42.5 Å². The molecule has 2 aromatic rings. The van der Waals surface area contributed by atoms with E-state index < -0.39 is 0 Å². The first-order valence-electron chi connectivity index (χ1n) is 7.42. The van der Waals surface area contributed by atoms with Crippen LogP contribution in [0.2, 0.25) is 5.02 Å². The second-order valence-electron chi connectivity index (χ2n) is 5.15. The summed E-state index contributed by atoms with van der Waals surface area (Å²) >= 11 is 5.85. The largest absolute Gasteiger partial charge is 0.306 e. The van der Waals surface area contributed by atoms with Gasteiger partial charge in [-0.15, -0.1) is 0 Å². The highest BCUT2D eigenvalue weighted by Gasteiger charge is 2.17. The number of aryl methyl sites for hydroxylation is 1. The summed E-state index contributed by atoms with van der Waals surface area (Å²) in [5.41, 5.74) is 3.01. The van der Waals surface area contributed by atoms with Crippen molar-refractivity contribution in [2.45, 2.75) is 32.7 Å². The van der Waals surface area contributed by atoms with E-state index in [0.29, 0.717) is 10.6 Å². The number of benzene rings is 2. The zero-order valence-corrected chi connectivity index (χ0v) is 13.3. The topological polar surface area (TPSA) is 12.0 Å². The molecule has 0 amide bonds. The van der Waals surface area contributed by atoms with E-state index in [9.17, 15) is 4.39 Å². The highest BCUT2D eigenvalue weighted by molar-refractivity contribution is 6.30. The molecular formula is C18H21ClFN. The molecule has 0 aliphatic rings. The zero-order valence-electron chi connectivity index (χ0n) is 12.5. The fraction of sp³-hybridized carbons (Fsp3) is 0.333. The van der Waals surface area contributed by atoms with Crippen LogP contribution >= 0.6 is 11.6 Å². The van der Waals surface area contributed by atoms with Crippen molar-refractivity contribution in [1.29, 1.82) is 0 Å². The van der Waals surface area contributed by atoms with E-state index in [4.69, 9.17) is 11.6 Å². The van der Waals surface area contributed by atoms with Gasteiger partial charge in [0.15, 0.2) is 0 Å². The van der Waals surface area contributed by atoms with Crippen molar-refractivity contribution in [2.75, 3.05) is 6.54 Å². The van der Waals surface area contributed by atoms with Crippen LogP contribution in [-0.4, -0.2) is 6.54 Å². The molecule has 0 spiro atoms. The molecule has 2 rings (SSSR count). The Kier molecular flexibility index (Phi) is 5.77. The van der Waals surface area contributed by atoms with Gasteiger partial charge in [0.25, 0.3) is 0 Å². The van der Waals surface area contributed by atoms with E-state index in [1.807, 2.05) is 19.1 Å². The summed E-state index contributed by atoms with van der Waals surface area (Å²) in [6, 6.07) is 13.1. The van der Waals surface area contributed by atoms with Crippen LogP contribution in [-0.2, 0) is 6.42 Å². The summed E-state index contributed by atoms with van der Waals surface area (Å²) in [5.74, 6) is -0.269. The second-order valence-corrected chi connectivity index (χ2v) is 5.59. The molecule has 1 nitrogen and oxygen atoms in total. The Morgan fingerprint density at radius 1 is 1.14 bits per heavy atom. The Morgan fingerprint density at radius 2 is 1.95 bits per heavy atom. The van der Waals surface area contributed by atoms with Gasteiger partial charge in [0, 0.05) is 10.6 Å². The van der Waals surface area contributed by atoms with E-state index in [0.717, 1.165) is 24.9 Å². The van der Waals surface area contributed by atoms with Gasteiger partial charge in [0.05, 0.1) is 6.04 Å². The van der Waals surface area contributed by atoms with E-state index in [1.54, 1.807) is 12.1 Å². The van der Waals surface area contributed by atoms with Gasteiger partial charge < -0.3 is 5.32 Å². The van der Waals surface area contributed by atoms with Crippen LogP contribution in [0.25, 0.3) is 0 Å². The van der Waals surface area contributed by atoms with Gasteiger partial charge in [0.2, 0.25) is 0 Å². The Bertz CT molecular complexity index is 598. The monoisotopic (exact) mass is 305 g/mol. The number of hydrogen-bond acceptors (Lipinski definition) is 1. The molecule has 1 atom stereocenters. The average molecular weight is 306 g/mol. The molecule has 0 saturated carbocycles. The Labute approximate surface area is 131 Å². The molecule has 3 heteroatoms. The smallest absolute Gasteiger partial charge is 0.129 e. The summed E-state index contributed by atoms with van der Waals surface area (Å²) < 4.78 is 14.2. The minimum absolute atomic E-state index is 0.149. The molecule has 0 aromatic heterocycles. The molecule has 112 valence electrons. The Hall–Kier alpha value is -1.38. The van der Waals surface area contributed by atoms with Gasteiger partial charge in [0.1, 0.15) is 5.82 Å². The summed E-state index contributed by atoms with van der Waals surface area (Å²) in [6.07, 6.45) is 2.14. The number of nitrogens with one attached hydrogen (secondary N) is 1. The summed E-state index contributed by atoms with van der Waals surface area (Å²) in [7, 11) is 0. The van der Waals surface area contributed by atoms with Crippen LogP contribution in [0.3, 0.4) is 0 Å². The minimum Gasteiger partial charge on any atom is -0.306 e. The van der Waals surface area contributed by atoms with E-state index in [2.05, 4.69) is 24.4 Å². The third kappa shape index (κ3) is 4.05. The normalized spacial score (nSPS) is 12.4. The quantitative estimate of drug-likeness (QED) is 0.780. The molecule has 0 aliphatic heterocycles.